The van der Waals surface area contributed by atoms with Crippen molar-refractivity contribution in [2.24, 2.45) is 0 Å². The maximum Gasteiger partial charge on any atom is 0.121 e. The van der Waals surface area contributed by atoms with Crippen LogP contribution in [0, 0.1) is 41.5 Å². The number of hydrogen-bond donors (Lipinski definition) is 6. The minimum Gasteiger partial charge on any atom is -0.508 e. The average molecular weight is 965 g/mol. The Bertz CT molecular complexity index is 2860. The highest BCUT2D eigenvalue weighted by molar-refractivity contribution is 5.58. The first-order valence-corrected chi connectivity index (χ1v) is 26.3. The smallest absolute Gasteiger partial charge is 0.121 e. The summed E-state index contributed by atoms with van der Waals surface area (Å²) < 4.78 is 0. The van der Waals surface area contributed by atoms with E-state index in [0.717, 1.165) is 109 Å². The number of rotatable bonds is 10. The third kappa shape index (κ3) is 10.5. The summed E-state index contributed by atoms with van der Waals surface area (Å²) in [5, 5.41) is 63.0. The number of phenols is 6. The van der Waals surface area contributed by atoms with Crippen LogP contribution in [0.15, 0.2) is 121 Å². The average Bonchev–Trinajstić information content (AvgIpc) is 3.37. The molecule has 376 valence electrons. The fraction of sp³-hybridized carbons (Fsp3) is 0.364. The molecule has 72 heavy (non-hydrogen) atoms. The summed E-state index contributed by atoms with van der Waals surface area (Å²) >= 11 is 0. The molecule has 7 aromatic carbocycles. The van der Waals surface area contributed by atoms with Gasteiger partial charge in [0.1, 0.15) is 34.5 Å². The van der Waals surface area contributed by atoms with Gasteiger partial charge in [-0.25, -0.2) is 0 Å². The lowest BCUT2D eigenvalue weighted by Crippen LogP contribution is -2.27. The highest BCUT2D eigenvalue weighted by atomic mass is 16.3. The summed E-state index contributed by atoms with van der Waals surface area (Å²) in [6.45, 7) is 18.3. The summed E-state index contributed by atoms with van der Waals surface area (Å²) in [5.41, 5.74) is 15.4. The lowest BCUT2D eigenvalue weighted by atomic mass is 9.69. The van der Waals surface area contributed by atoms with E-state index in [-0.39, 0.29) is 17.1 Å². The van der Waals surface area contributed by atoms with Crippen LogP contribution >= 0.6 is 0 Å². The van der Waals surface area contributed by atoms with E-state index in [9.17, 15) is 30.6 Å². The van der Waals surface area contributed by atoms with Crippen molar-refractivity contribution in [3.05, 3.63) is 210 Å². The molecule has 7 aromatic rings. The van der Waals surface area contributed by atoms with Gasteiger partial charge in [0.2, 0.25) is 0 Å². The maximum absolute atomic E-state index is 10.7. The number of hydrogen-bond acceptors (Lipinski definition) is 6. The monoisotopic (exact) mass is 965 g/mol. The molecular weight excluding hydrogens is 889 g/mol. The summed E-state index contributed by atoms with van der Waals surface area (Å²) in [5.74, 6) is 2.74. The molecule has 2 fully saturated rings. The van der Waals surface area contributed by atoms with E-state index in [1.165, 1.54) is 44.1 Å². The highest BCUT2D eigenvalue weighted by Crippen LogP contribution is 2.46. The molecular formula is C66H76O6. The second-order valence-electron chi connectivity index (χ2n) is 22.0. The first-order valence-electron chi connectivity index (χ1n) is 26.3. The number of aryl methyl sites for hydroxylation is 6. The minimum absolute atomic E-state index is 0.0852. The standard InChI is InChI=1S/C35H40O3.C31H36O3/c1-20-14-28(15-21(2)31(20)36)34(7,8)26-10-12-27(13-11-26)35(9,29-16-22(3)32(37)23(4)17-29)30-18-24(5)33(38)25(6)19-30;32-26-13-7-12-23(18-26)31(24-14-16-29(33)27(19-24)21-8-3-1-4-9-21)25-15-17-30(34)28(20-25)22-10-5-2-6-11-22/h10-19,36-38H,1-9H3;7,12-22,31-34H,1-6,8-11H2. The molecule has 0 heterocycles. The van der Waals surface area contributed by atoms with Gasteiger partial charge in [0.15, 0.2) is 0 Å². The van der Waals surface area contributed by atoms with Crippen molar-refractivity contribution in [2.75, 3.05) is 0 Å². The van der Waals surface area contributed by atoms with Crippen LogP contribution in [0.1, 0.15) is 192 Å². The third-order valence-electron chi connectivity index (χ3n) is 16.6. The Hall–Kier alpha value is -6.66. The SMILES string of the molecule is Cc1cc(C(C)(C)c2ccc(C(C)(c3cc(C)c(O)c(C)c3)c3cc(C)c(O)c(C)c3)cc2)cc(C)c1O.Oc1cccc(C(c2ccc(O)c(C3CCCCC3)c2)c2ccc(O)c(C3CCCCC3)c2)c1. The second kappa shape index (κ2) is 21.2. The van der Waals surface area contributed by atoms with Crippen molar-refractivity contribution in [3.63, 3.8) is 0 Å². The Morgan fingerprint density at radius 1 is 0.375 bits per heavy atom. The van der Waals surface area contributed by atoms with Gasteiger partial charge in [-0.15, -0.1) is 0 Å². The van der Waals surface area contributed by atoms with Gasteiger partial charge in [0.05, 0.1) is 0 Å². The zero-order chi connectivity index (χ0) is 51.6. The van der Waals surface area contributed by atoms with Crippen LogP contribution in [0.25, 0.3) is 0 Å². The Morgan fingerprint density at radius 2 is 0.736 bits per heavy atom. The van der Waals surface area contributed by atoms with E-state index >= 15 is 0 Å². The molecule has 6 nitrogen and oxygen atoms in total. The molecule has 2 aliphatic rings. The van der Waals surface area contributed by atoms with Crippen molar-refractivity contribution < 1.29 is 30.6 Å². The Labute approximate surface area is 428 Å². The molecule has 0 bridgehead atoms. The predicted molar refractivity (Wildman–Crippen MR) is 294 cm³/mol. The Kier molecular flexibility index (Phi) is 15.2. The van der Waals surface area contributed by atoms with E-state index in [4.69, 9.17) is 0 Å². The van der Waals surface area contributed by atoms with E-state index in [1.807, 2.05) is 77.9 Å². The van der Waals surface area contributed by atoms with Crippen molar-refractivity contribution in [1.29, 1.82) is 0 Å². The molecule has 0 atom stereocenters. The van der Waals surface area contributed by atoms with E-state index in [1.54, 1.807) is 6.07 Å². The fourth-order valence-corrected chi connectivity index (χ4v) is 12.0. The van der Waals surface area contributed by atoms with Gasteiger partial charge in [-0.2, -0.15) is 0 Å². The van der Waals surface area contributed by atoms with Crippen molar-refractivity contribution in [3.8, 4) is 34.5 Å². The molecule has 0 aliphatic heterocycles. The summed E-state index contributed by atoms with van der Waals surface area (Å²) in [6, 6.07) is 40.8. The van der Waals surface area contributed by atoms with Gasteiger partial charge in [0, 0.05) is 16.7 Å². The zero-order valence-electron chi connectivity index (χ0n) is 44.0. The van der Waals surface area contributed by atoms with Crippen LogP contribution in [0.5, 0.6) is 34.5 Å². The molecule has 0 aromatic heterocycles. The quantitative estimate of drug-likeness (QED) is 0.0760. The van der Waals surface area contributed by atoms with Crippen molar-refractivity contribution >= 4 is 0 Å². The number of benzene rings is 7. The summed E-state index contributed by atoms with van der Waals surface area (Å²) in [6.07, 6.45) is 11.9. The van der Waals surface area contributed by atoms with Crippen LogP contribution in [0.4, 0.5) is 0 Å². The highest BCUT2D eigenvalue weighted by Gasteiger charge is 2.34. The maximum atomic E-state index is 10.7. The number of phenolic OH excluding ortho intramolecular Hbond substituents is 6. The molecule has 6 heteroatoms. The van der Waals surface area contributed by atoms with E-state index < -0.39 is 5.41 Å². The van der Waals surface area contributed by atoms with E-state index in [2.05, 4.69) is 99.6 Å². The van der Waals surface area contributed by atoms with Gasteiger partial charge >= 0.3 is 0 Å². The lowest BCUT2D eigenvalue weighted by Gasteiger charge is -2.34. The van der Waals surface area contributed by atoms with Crippen LogP contribution in [0.2, 0.25) is 0 Å². The normalized spacial score (nSPS) is 14.8. The lowest BCUT2D eigenvalue weighted by molar-refractivity contribution is 0.413. The van der Waals surface area contributed by atoms with Crippen molar-refractivity contribution in [1.82, 2.24) is 0 Å². The summed E-state index contributed by atoms with van der Waals surface area (Å²) in [4.78, 5) is 0. The predicted octanol–water partition coefficient (Wildman–Crippen LogP) is 16.4. The molecule has 0 saturated heterocycles. The van der Waals surface area contributed by atoms with Crippen LogP contribution in [-0.2, 0) is 10.8 Å². The number of aromatic hydroxyl groups is 6. The molecule has 0 amide bonds. The molecule has 0 unspecified atom stereocenters. The van der Waals surface area contributed by atoms with Gasteiger partial charge in [-0.3, -0.25) is 0 Å². The Morgan fingerprint density at radius 3 is 1.12 bits per heavy atom. The molecule has 2 saturated carbocycles. The van der Waals surface area contributed by atoms with Crippen molar-refractivity contribution in [2.45, 2.75) is 155 Å². The third-order valence-corrected chi connectivity index (χ3v) is 16.6. The van der Waals surface area contributed by atoms with E-state index in [0.29, 0.717) is 40.6 Å². The first-order chi connectivity index (χ1) is 34.3. The summed E-state index contributed by atoms with van der Waals surface area (Å²) in [7, 11) is 0. The van der Waals surface area contributed by atoms with Crippen LogP contribution < -0.4 is 0 Å². The van der Waals surface area contributed by atoms with Gasteiger partial charge in [-0.1, -0.05) is 149 Å². The fourth-order valence-electron chi connectivity index (χ4n) is 12.0. The molecule has 9 rings (SSSR count). The van der Waals surface area contributed by atoms with Crippen LogP contribution in [0.3, 0.4) is 0 Å². The topological polar surface area (TPSA) is 121 Å². The van der Waals surface area contributed by atoms with Crippen LogP contribution in [-0.4, -0.2) is 30.6 Å². The largest absolute Gasteiger partial charge is 0.508 e. The first kappa shape index (κ1) is 51.7. The molecule has 0 spiro atoms. The second-order valence-corrected chi connectivity index (χ2v) is 22.0. The molecule has 6 N–H and O–H groups in total. The van der Waals surface area contributed by atoms with Gasteiger partial charge in [-0.05, 0) is 199 Å². The Balaban J connectivity index is 0.000000194. The zero-order valence-corrected chi connectivity index (χ0v) is 44.0. The minimum atomic E-state index is -0.513. The van der Waals surface area contributed by atoms with Gasteiger partial charge in [0.25, 0.3) is 0 Å². The van der Waals surface area contributed by atoms with Gasteiger partial charge < -0.3 is 30.6 Å². The molecule has 2 aliphatic carbocycles. The molecule has 0 radical (unpaired) electrons.